The van der Waals surface area contributed by atoms with Crippen molar-refractivity contribution in [1.29, 1.82) is 0 Å². The van der Waals surface area contributed by atoms with Crippen molar-refractivity contribution in [3.05, 3.63) is 0 Å². The van der Waals surface area contributed by atoms with E-state index in [-0.39, 0.29) is 23.3 Å². The van der Waals surface area contributed by atoms with Crippen LogP contribution in [0, 0.1) is 11.8 Å². The molecule has 1 aliphatic heterocycles. The van der Waals surface area contributed by atoms with Gasteiger partial charge in [0.15, 0.2) is 0 Å². The standard InChI is InChI=1S/C6H12F2S.2C2H6/c1-5-3-9(7,8)4-6(5)2;2*1-2/h5-6H,3-4H2,1-2H3;2*1-2H3. The van der Waals surface area contributed by atoms with Crippen LogP contribution < -0.4 is 0 Å². The van der Waals surface area contributed by atoms with Crippen molar-refractivity contribution in [3.8, 4) is 0 Å². The van der Waals surface area contributed by atoms with E-state index in [2.05, 4.69) is 0 Å². The first-order chi connectivity index (χ1) is 6.01. The highest BCUT2D eigenvalue weighted by Gasteiger charge is 2.37. The van der Waals surface area contributed by atoms with Crippen molar-refractivity contribution in [1.82, 2.24) is 0 Å². The normalized spacial score (nSPS) is 32.0. The van der Waals surface area contributed by atoms with Gasteiger partial charge in [0.25, 0.3) is 0 Å². The van der Waals surface area contributed by atoms with Crippen LogP contribution in [0.2, 0.25) is 0 Å². The van der Waals surface area contributed by atoms with Crippen LogP contribution in [0.3, 0.4) is 0 Å². The van der Waals surface area contributed by atoms with Crippen LogP contribution in [0.4, 0.5) is 7.77 Å². The molecule has 0 spiro atoms. The first-order valence-corrected chi connectivity index (χ1v) is 6.96. The number of hydrogen-bond acceptors (Lipinski definition) is 0. The lowest BCUT2D eigenvalue weighted by molar-refractivity contribution is 0.494. The summed E-state index contributed by atoms with van der Waals surface area (Å²) in [4.78, 5) is 0. The Labute approximate surface area is 84.0 Å². The molecule has 1 aliphatic rings. The second-order valence-electron chi connectivity index (χ2n) is 2.99. The summed E-state index contributed by atoms with van der Waals surface area (Å²) >= 11 is 0. The maximum atomic E-state index is 12.5. The molecule has 0 aromatic carbocycles. The van der Waals surface area contributed by atoms with Crippen molar-refractivity contribution in [2.75, 3.05) is 11.5 Å². The fourth-order valence-electron chi connectivity index (χ4n) is 1.17. The third-order valence-corrected chi connectivity index (χ3v) is 4.01. The van der Waals surface area contributed by atoms with Crippen molar-refractivity contribution in [2.24, 2.45) is 11.8 Å². The average Bonchev–Trinajstić information content (AvgIpc) is 2.32. The monoisotopic (exact) mass is 214 g/mol. The largest absolute Gasteiger partial charge is 0.158 e. The maximum absolute atomic E-state index is 12.5. The smallest absolute Gasteiger partial charge is 0.0578 e. The van der Waals surface area contributed by atoms with Gasteiger partial charge in [0.05, 0.1) is 10.8 Å². The molecule has 0 radical (unpaired) electrons. The summed E-state index contributed by atoms with van der Waals surface area (Å²) in [6.45, 7) is 11.8. The van der Waals surface area contributed by atoms with E-state index in [1.165, 1.54) is 0 Å². The van der Waals surface area contributed by atoms with E-state index < -0.39 is 10.8 Å². The van der Waals surface area contributed by atoms with Crippen LogP contribution in [0.5, 0.6) is 0 Å². The third kappa shape index (κ3) is 6.30. The van der Waals surface area contributed by atoms with Crippen LogP contribution in [-0.2, 0) is 0 Å². The topological polar surface area (TPSA) is 0 Å². The molecule has 0 amide bonds. The van der Waals surface area contributed by atoms with Crippen molar-refractivity contribution in [3.63, 3.8) is 0 Å². The van der Waals surface area contributed by atoms with Gasteiger partial charge in [-0.25, -0.2) is 0 Å². The molecule has 0 saturated carbocycles. The number of rotatable bonds is 0. The summed E-state index contributed by atoms with van der Waals surface area (Å²) in [6, 6.07) is 0. The molecule has 1 fully saturated rings. The minimum atomic E-state index is -3.14. The number of halogens is 2. The van der Waals surface area contributed by atoms with Gasteiger partial charge in [0, 0.05) is 11.5 Å². The molecule has 0 aromatic rings. The van der Waals surface area contributed by atoms with Gasteiger partial charge >= 0.3 is 0 Å². The molecule has 84 valence electrons. The minimum absolute atomic E-state index is 0.175. The van der Waals surface area contributed by atoms with E-state index in [0.717, 1.165) is 0 Å². The van der Waals surface area contributed by atoms with E-state index in [1.54, 1.807) is 0 Å². The molecule has 13 heavy (non-hydrogen) atoms. The summed E-state index contributed by atoms with van der Waals surface area (Å²) in [5, 5.41) is 0. The van der Waals surface area contributed by atoms with Crippen molar-refractivity contribution < 1.29 is 7.77 Å². The lowest BCUT2D eigenvalue weighted by Crippen LogP contribution is -2.01. The van der Waals surface area contributed by atoms with Crippen LogP contribution in [0.15, 0.2) is 0 Å². The molecule has 1 rings (SSSR count). The molecule has 0 N–H and O–H groups in total. The number of hydrogen-bond donors (Lipinski definition) is 0. The van der Waals surface area contributed by atoms with Gasteiger partial charge in [0.2, 0.25) is 0 Å². The van der Waals surface area contributed by atoms with Gasteiger partial charge in [-0.3, -0.25) is 0 Å². The molecule has 0 bridgehead atoms. The first-order valence-electron chi connectivity index (χ1n) is 5.19. The molecule has 2 atom stereocenters. The van der Waals surface area contributed by atoms with Gasteiger partial charge in [-0.1, -0.05) is 41.5 Å². The molecule has 0 aromatic heterocycles. The van der Waals surface area contributed by atoms with Gasteiger partial charge in [0.1, 0.15) is 0 Å². The van der Waals surface area contributed by atoms with Gasteiger partial charge in [-0.15, -0.1) is 0 Å². The summed E-state index contributed by atoms with van der Waals surface area (Å²) in [7, 11) is -3.14. The molecule has 2 unspecified atom stereocenters. The summed E-state index contributed by atoms with van der Waals surface area (Å²) in [5.74, 6) is 0.840. The Bertz CT molecular complexity index is 103. The van der Waals surface area contributed by atoms with Crippen LogP contribution in [0.25, 0.3) is 0 Å². The van der Waals surface area contributed by atoms with Gasteiger partial charge in [-0.2, -0.15) is 7.77 Å². The SMILES string of the molecule is CC.CC.CC1CS(F)(F)CC1C. The quantitative estimate of drug-likeness (QED) is 0.538. The van der Waals surface area contributed by atoms with Crippen LogP contribution in [-0.4, -0.2) is 11.5 Å². The van der Waals surface area contributed by atoms with E-state index in [9.17, 15) is 7.77 Å². The van der Waals surface area contributed by atoms with Gasteiger partial charge < -0.3 is 0 Å². The second kappa shape index (κ2) is 7.60. The van der Waals surface area contributed by atoms with E-state index in [1.807, 2.05) is 41.5 Å². The Hall–Kier alpha value is 0.210. The Morgan fingerprint density at radius 1 is 0.846 bits per heavy atom. The molecular formula is C10H24F2S. The van der Waals surface area contributed by atoms with E-state index in [0.29, 0.717) is 0 Å². The molecule has 0 nitrogen and oxygen atoms in total. The summed E-state index contributed by atoms with van der Waals surface area (Å²) in [6.07, 6.45) is 0. The van der Waals surface area contributed by atoms with Crippen LogP contribution >= 0.6 is 10.8 Å². The highest BCUT2D eigenvalue weighted by atomic mass is 32.3. The molecular weight excluding hydrogens is 190 g/mol. The lowest BCUT2D eigenvalue weighted by Gasteiger charge is -2.11. The molecule has 1 heterocycles. The Morgan fingerprint density at radius 2 is 1.08 bits per heavy atom. The van der Waals surface area contributed by atoms with E-state index in [4.69, 9.17) is 0 Å². The lowest BCUT2D eigenvalue weighted by atomic mass is 10.0. The first kappa shape index (κ1) is 15.7. The molecule has 3 heteroatoms. The zero-order chi connectivity index (χ0) is 11.1. The average molecular weight is 214 g/mol. The fraction of sp³-hybridized carbons (Fsp3) is 1.00. The predicted octanol–water partition coefficient (Wildman–Crippen LogP) is 4.90. The van der Waals surface area contributed by atoms with Crippen molar-refractivity contribution >= 4 is 10.8 Å². The van der Waals surface area contributed by atoms with Crippen molar-refractivity contribution in [2.45, 2.75) is 41.5 Å². The minimum Gasteiger partial charge on any atom is -0.158 e. The molecule has 0 aliphatic carbocycles. The Morgan fingerprint density at radius 3 is 1.15 bits per heavy atom. The third-order valence-electron chi connectivity index (χ3n) is 1.98. The fourth-order valence-corrected chi connectivity index (χ4v) is 3.50. The Kier molecular flexibility index (Phi) is 9.16. The van der Waals surface area contributed by atoms with Gasteiger partial charge in [-0.05, 0) is 11.8 Å². The van der Waals surface area contributed by atoms with Crippen LogP contribution in [0.1, 0.15) is 41.5 Å². The second-order valence-corrected chi connectivity index (χ2v) is 5.05. The Balaban J connectivity index is 0. The zero-order valence-corrected chi connectivity index (χ0v) is 10.5. The zero-order valence-electron chi connectivity index (χ0n) is 9.73. The summed E-state index contributed by atoms with van der Waals surface area (Å²) < 4.78 is 25.1. The highest BCUT2D eigenvalue weighted by molar-refractivity contribution is 8.25. The van der Waals surface area contributed by atoms with E-state index >= 15 is 0 Å². The highest BCUT2D eigenvalue weighted by Crippen LogP contribution is 2.60. The maximum Gasteiger partial charge on any atom is 0.0578 e. The predicted molar refractivity (Wildman–Crippen MR) is 60.6 cm³/mol. The summed E-state index contributed by atoms with van der Waals surface area (Å²) in [5.41, 5.74) is 0. The molecule has 1 saturated heterocycles.